The van der Waals surface area contributed by atoms with Gasteiger partial charge in [-0.25, -0.2) is 14.5 Å². The largest absolute Gasteiger partial charge is 0.478 e. The number of rotatable bonds is 3. The zero-order valence-corrected chi connectivity index (χ0v) is 12.0. The number of carboxylic acid groups (broad SMARTS) is 1. The van der Waals surface area contributed by atoms with Crippen LogP contribution in [0.4, 0.5) is 0 Å². The lowest BCUT2D eigenvalue weighted by atomic mass is 10.2. The van der Waals surface area contributed by atoms with Gasteiger partial charge < -0.3 is 9.84 Å². The van der Waals surface area contributed by atoms with E-state index in [1.54, 1.807) is 10.7 Å². The van der Waals surface area contributed by atoms with Gasteiger partial charge in [-0.15, -0.1) is 0 Å². The smallest absolute Gasteiger partial charge is 0.328 e. The minimum Gasteiger partial charge on any atom is -0.478 e. The molecular weight excluding hydrogens is 294 g/mol. The van der Waals surface area contributed by atoms with Gasteiger partial charge in [0.15, 0.2) is 6.23 Å². The van der Waals surface area contributed by atoms with Crippen LogP contribution in [0.2, 0.25) is 5.15 Å². The summed E-state index contributed by atoms with van der Waals surface area (Å²) in [4.78, 5) is 14.9. The van der Waals surface area contributed by atoms with E-state index in [0.29, 0.717) is 23.0 Å². The predicted octanol–water partition coefficient (Wildman–Crippen LogP) is 2.88. The minimum atomic E-state index is -1.03. The molecule has 21 heavy (non-hydrogen) atoms. The van der Waals surface area contributed by atoms with Gasteiger partial charge in [-0.2, -0.15) is 5.10 Å². The maximum atomic E-state index is 10.7. The van der Waals surface area contributed by atoms with Crippen LogP contribution in [0.1, 0.15) is 31.2 Å². The van der Waals surface area contributed by atoms with Crippen LogP contribution in [-0.2, 0) is 9.53 Å². The van der Waals surface area contributed by atoms with Crippen molar-refractivity contribution in [3.63, 3.8) is 0 Å². The number of aliphatic carboxylic acids is 1. The molecule has 0 saturated carbocycles. The van der Waals surface area contributed by atoms with Crippen molar-refractivity contribution in [2.75, 3.05) is 6.61 Å². The van der Waals surface area contributed by atoms with Crippen LogP contribution in [0.25, 0.3) is 17.1 Å². The summed E-state index contributed by atoms with van der Waals surface area (Å²) >= 11 is 5.93. The van der Waals surface area contributed by atoms with Crippen LogP contribution >= 0.6 is 11.6 Å². The first-order chi connectivity index (χ1) is 10.1. The summed E-state index contributed by atoms with van der Waals surface area (Å²) in [7, 11) is 0. The summed E-state index contributed by atoms with van der Waals surface area (Å²) in [5.41, 5.74) is 1.84. The number of hydrogen-bond acceptors (Lipinski definition) is 4. The van der Waals surface area contributed by atoms with Crippen molar-refractivity contribution in [3.8, 4) is 0 Å². The third kappa shape index (κ3) is 2.91. The molecule has 0 amide bonds. The number of ether oxygens (including phenoxy) is 1. The summed E-state index contributed by atoms with van der Waals surface area (Å²) in [5.74, 6) is -1.03. The average Bonchev–Trinajstić information content (AvgIpc) is 2.84. The summed E-state index contributed by atoms with van der Waals surface area (Å²) in [5, 5.41) is 13.6. The number of pyridine rings is 1. The van der Waals surface area contributed by atoms with E-state index in [-0.39, 0.29) is 6.23 Å². The van der Waals surface area contributed by atoms with Crippen molar-refractivity contribution in [2.45, 2.75) is 25.5 Å². The Labute approximate surface area is 126 Å². The topological polar surface area (TPSA) is 77.2 Å². The molecule has 6 nitrogen and oxygen atoms in total. The molecule has 2 aromatic heterocycles. The first kappa shape index (κ1) is 14.0. The Morgan fingerprint density at radius 1 is 1.48 bits per heavy atom. The lowest BCUT2D eigenvalue weighted by molar-refractivity contribution is -0.131. The van der Waals surface area contributed by atoms with Gasteiger partial charge in [-0.3, -0.25) is 0 Å². The minimum absolute atomic E-state index is 0.142. The van der Waals surface area contributed by atoms with Crippen LogP contribution in [-0.4, -0.2) is 32.4 Å². The van der Waals surface area contributed by atoms with Crippen LogP contribution in [0.5, 0.6) is 0 Å². The maximum Gasteiger partial charge on any atom is 0.328 e. The molecule has 0 radical (unpaired) electrons. The van der Waals surface area contributed by atoms with Crippen molar-refractivity contribution in [2.24, 2.45) is 0 Å². The van der Waals surface area contributed by atoms with E-state index in [1.807, 2.05) is 6.07 Å². The van der Waals surface area contributed by atoms with Gasteiger partial charge in [0, 0.05) is 12.7 Å². The number of aromatic nitrogens is 3. The molecule has 1 atom stereocenters. The Kier molecular flexibility index (Phi) is 3.90. The molecule has 3 rings (SSSR count). The molecule has 3 heterocycles. The van der Waals surface area contributed by atoms with Gasteiger partial charge in [0.1, 0.15) is 16.4 Å². The second-order valence-electron chi connectivity index (χ2n) is 4.82. The molecule has 110 valence electrons. The second kappa shape index (κ2) is 5.83. The van der Waals surface area contributed by atoms with E-state index in [0.717, 1.165) is 30.9 Å². The maximum absolute atomic E-state index is 10.7. The fraction of sp³-hybridized carbons (Fsp3) is 0.357. The highest BCUT2D eigenvalue weighted by atomic mass is 35.5. The molecule has 0 spiro atoms. The molecule has 0 aromatic carbocycles. The number of halogens is 1. The second-order valence-corrected chi connectivity index (χ2v) is 5.21. The molecule has 1 unspecified atom stereocenters. The molecule has 7 heteroatoms. The van der Waals surface area contributed by atoms with Gasteiger partial charge >= 0.3 is 5.97 Å². The van der Waals surface area contributed by atoms with Crippen molar-refractivity contribution in [1.29, 1.82) is 0 Å². The quantitative estimate of drug-likeness (QED) is 0.697. The highest BCUT2D eigenvalue weighted by molar-refractivity contribution is 6.29. The van der Waals surface area contributed by atoms with Gasteiger partial charge in [0.2, 0.25) is 0 Å². The van der Waals surface area contributed by atoms with Crippen LogP contribution in [0.15, 0.2) is 18.2 Å². The standard InChI is InChI=1S/C14H14ClN3O3/c15-11-6-5-10-14(16-11)9(4-7-13(19)20)17-18(10)12-3-1-2-8-21-12/h4-7,12H,1-3,8H2,(H,19,20). The fourth-order valence-electron chi connectivity index (χ4n) is 2.42. The highest BCUT2D eigenvalue weighted by Gasteiger charge is 2.21. The van der Waals surface area contributed by atoms with E-state index in [9.17, 15) is 4.79 Å². The molecule has 1 aliphatic rings. The van der Waals surface area contributed by atoms with Crippen LogP contribution in [0, 0.1) is 0 Å². The van der Waals surface area contributed by atoms with Gasteiger partial charge in [0.05, 0.1) is 5.52 Å². The highest BCUT2D eigenvalue weighted by Crippen LogP contribution is 2.28. The summed E-state index contributed by atoms with van der Waals surface area (Å²) in [6.45, 7) is 0.702. The lowest BCUT2D eigenvalue weighted by Crippen LogP contribution is -2.19. The van der Waals surface area contributed by atoms with E-state index in [4.69, 9.17) is 21.4 Å². The van der Waals surface area contributed by atoms with Crippen molar-refractivity contribution < 1.29 is 14.6 Å². The van der Waals surface area contributed by atoms with Crippen molar-refractivity contribution >= 4 is 34.7 Å². The van der Waals surface area contributed by atoms with Gasteiger partial charge in [-0.1, -0.05) is 11.6 Å². The van der Waals surface area contributed by atoms with Gasteiger partial charge in [0.25, 0.3) is 0 Å². The van der Waals surface area contributed by atoms with E-state index in [1.165, 1.54) is 6.08 Å². The third-order valence-corrected chi connectivity index (χ3v) is 3.57. The zero-order chi connectivity index (χ0) is 14.8. The monoisotopic (exact) mass is 307 g/mol. The van der Waals surface area contributed by atoms with Crippen molar-refractivity contribution in [1.82, 2.24) is 14.8 Å². The van der Waals surface area contributed by atoms with Crippen LogP contribution < -0.4 is 0 Å². The molecular formula is C14H14ClN3O3. The Balaban J connectivity index is 2.09. The van der Waals surface area contributed by atoms with Gasteiger partial charge in [-0.05, 0) is 37.5 Å². The number of carbonyl (C=O) groups is 1. The third-order valence-electron chi connectivity index (χ3n) is 3.36. The molecule has 1 fully saturated rings. The van der Waals surface area contributed by atoms with Crippen molar-refractivity contribution in [3.05, 3.63) is 29.1 Å². The summed E-state index contributed by atoms with van der Waals surface area (Å²) in [6.07, 6.45) is 5.32. The molecule has 1 aliphatic heterocycles. The Morgan fingerprint density at radius 2 is 2.33 bits per heavy atom. The molecule has 1 N–H and O–H groups in total. The normalized spacial score (nSPS) is 19.4. The Hall–Kier alpha value is -1.92. The van der Waals surface area contributed by atoms with E-state index >= 15 is 0 Å². The van der Waals surface area contributed by atoms with Crippen LogP contribution in [0.3, 0.4) is 0 Å². The zero-order valence-electron chi connectivity index (χ0n) is 11.2. The first-order valence-corrected chi connectivity index (χ1v) is 7.10. The number of fused-ring (bicyclic) bond motifs is 1. The Bertz CT molecular complexity index is 705. The fourth-order valence-corrected chi connectivity index (χ4v) is 2.56. The SMILES string of the molecule is O=C(O)C=Cc1nn(C2CCCCO2)c2ccc(Cl)nc12. The van der Waals surface area contributed by atoms with E-state index in [2.05, 4.69) is 10.1 Å². The summed E-state index contributed by atoms with van der Waals surface area (Å²) in [6, 6.07) is 3.52. The summed E-state index contributed by atoms with van der Waals surface area (Å²) < 4.78 is 7.50. The number of hydrogen-bond donors (Lipinski definition) is 1. The molecule has 0 aliphatic carbocycles. The molecule has 0 bridgehead atoms. The predicted molar refractivity (Wildman–Crippen MR) is 78.0 cm³/mol. The average molecular weight is 308 g/mol. The first-order valence-electron chi connectivity index (χ1n) is 6.72. The number of nitrogens with zero attached hydrogens (tertiary/aromatic N) is 3. The van der Waals surface area contributed by atoms with E-state index < -0.39 is 5.97 Å². The lowest BCUT2D eigenvalue weighted by Gasteiger charge is -2.23. The number of carboxylic acids is 1. The molecule has 2 aromatic rings. The Morgan fingerprint density at radius 3 is 3.05 bits per heavy atom. The molecule has 1 saturated heterocycles.